The van der Waals surface area contributed by atoms with Gasteiger partial charge in [0, 0.05) is 49.9 Å². The van der Waals surface area contributed by atoms with Gasteiger partial charge in [0.05, 0.1) is 5.69 Å². The van der Waals surface area contributed by atoms with Crippen LogP contribution < -0.4 is 10.2 Å². The smallest absolute Gasteiger partial charge is 0.225 e. The zero-order valence-corrected chi connectivity index (χ0v) is 15.0. The van der Waals surface area contributed by atoms with E-state index in [1.807, 2.05) is 0 Å². The summed E-state index contributed by atoms with van der Waals surface area (Å²) in [6.45, 7) is 3.89. The van der Waals surface area contributed by atoms with E-state index in [4.69, 9.17) is 11.6 Å². The van der Waals surface area contributed by atoms with E-state index in [1.54, 1.807) is 12.1 Å². The summed E-state index contributed by atoms with van der Waals surface area (Å²) in [7, 11) is 0. The van der Waals surface area contributed by atoms with Crippen molar-refractivity contribution < 1.29 is 13.6 Å². The van der Waals surface area contributed by atoms with Crippen molar-refractivity contribution in [3.63, 3.8) is 0 Å². The van der Waals surface area contributed by atoms with Crippen LogP contribution in [0.1, 0.15) is 6.42 Å². The van der Waals surface area contributed by atoms with Gasteiger partial charge >= 0.3 is 0 Å². The van der Waals surface area contributed by atoms with E-state index >= 15 is 0 Å². The molecule has 1 saturated heterocycles. The number of nitrogens with one attached hydrogen (secondary N) is 1. The van der Waals surface area contributed by atoms with E-state index < -0.39 is 5.82 Å². The molecule has 0 saturated carbocycles. The van der Waals surface area contributed by atoms with Crippen LogP contribution in [0.2, 0.25) is 5.02 Å². The van der Waals surface area contributed by atoms with Crippen LogP contribution in [0.25, 0.3) is 0 Å². The van der Waals surface area contributed by atoms with Crippen LogP contribution in [-0.2, 0) is 4.79 Å². The van der Waals surface area contributed by atoms with Gasteiger partial charge < -0.3 is 10.2 Å². The number of piperazine rings is 1. The molecular formula is C19H20ClF2N3O. The van der Waals surface area contributed by atoms with Crippen molar-refractivity contribution in [3.05, 3.63) is 59.1 Å². The summed E-state index contributed by atoms with van der Waals surface area (Å²) < 4.78 is 26.7. The van der Waals surface area contributed by atoms with Gasteiger partial charge in [0.1, 0.15) is 11.6 Å². The summed E-state index contributed by atoms with van der Waals surface area (Å²) in [4.78, 5) is 16.4. The van der Waals surface area contributed by atoms with E-state index in [1.165, 1.54) is 30.3 Å². The molecule has 7 heteroatoms. The molecule has 1 N–H and O–H groups in total. The maximum absolute atomic E-state index is 13.7. The summed E-state index contributed by atoms with van der Waals surface area (Å²) in [6, 6.07) is 10.6. The number of halogens is 3. The van der Waals surface area contributed by atoms with E-state index in [0.717, 1.165) is 31.9 Å². The van der Waals surface area contributed by atoms with Crippen LogP contribution >= 0.6 is 11.6 Å². The molecular weight excluding hydrogens is 360 g/mol. The number of benzene rings is 2. The molecule has 1 amide bonds. The Kier molecular flexibility index (Phi) is 6.06. The number of nitrogens with zero attached hydrogens (tertiary/aromatic N) is 2. The minimum atomic E-state index is -0.543. The van der Waals surface area contributed by atoms with Crippen molar-refractivity contribution >= 4 is 28.9 Å². The summed E-state index contributed by atoms with van der Waals surface area (Å²) in [5.74, 6) is -1.01. The lowest BCUT2D eigenvalue weighted by Crippen LogP contribution is -2.47. The second-order valence-electron chi connectivity index (χ2n) is 6.23. The highest BCUT2D eigenvalue weighted by atomic mass is 35.5. The summed E-state index contributed by atoms with van der Waals surface area (Å²) in [5, 5.41) is 2.86. The van der Waals surface area contributed by atoms with Gasteiger partial charge in [-0.25, -0.2) is 8.78 Å². The highest BCUT2D eigenvalue weighted by Crippen LogP contribution is 2.19. The first-order valence-electron chi connectivity index (χ1n) is 8.49. The number of hydrogen-bond acceptors (Lipinski definition) is 3. The second-order valence-corrected chi connectivity index (χ2v) is 6.66. The van der Waals surface area contributed by atoms with Crippen molar-refractivity contribution in [1.82, 2.24) is 4.90 Å². The Balaban J connectivity index is 1.43. The Morgan fingerprint density at radius 2 is 1.73 bits per heavy atom. The highest BCUT2D eigenvalue weighted by Gasteiger charge is 2.18. The van der Waals surface area contributed by atoms with Crippen LogP contribution in [0.5, 0.6) is 0 Å². The number of amides is 1. The summed E-state index contributed by atoms with van der Waals surface area (Å²) >= 11 is 5.70. The first-order chi connectivity index (χ1) is 12.5. The first-order valence-corrected chi connectivity index (χ1v) is 8.87. The normalized spacial score (nSPS) is 15.1. The molecule has 2 aromatic rings. The third-order valence-corrected chi connectivity index (χ3v) is 4.66. The number of hydrogen-bond donors (Lipinski definition) is 1. The predicted molar refractivity (Wildman–Crippen MR) is 99.7 cm³/mol. The predicted octanol–water partition coefficient (Wildman–Crippen LogP) is 3.77. The zero-order chi connectivity index (χ0) is 18.5. The lowest BCUT2D eigenvalue weighted by Gasteiger charge is -2.36. The molecule has 0 spiro atoms. The first kappa shape index (κ1) is 18.6. The molecule has 0 atom stereocenters. The minimum absolute atomic E-state index is 0.139. The average molecular weight is 380 g/mol. The fourth-order valence-electron chi connectivity index (χ4n) is 2.94. The molecule has 1 fully saturated rings. The Morgan fingerprint density at radius 1 is 1.04 bits per heavy atom. The Morgan fingerprint density at radius 3 is 2.38 bits per heavy atom. The molecule has 138 valence electrons. The Labute approximate surface area is 156 Å². The van der Waals surface area contributed by atoms with Gasteiger partial charge in [-0.3, -0.25) is 9.69 Å². The summed E-state index contributed by atoms with van der Waals surface area (Å²) in [5.41, 5.74) is 1.14. The fourth-order valence-corrected chi connectivity index (χ4v) is 3.10. The molecule has 26 heavy (non-hydrogen) atoms. The van der Waals surface area contributed by atoms with Gasteiger partial charge in [0.2, 0.25) is 5.91 Å². The molecule has 3 rings (SSSR count). The van der Waals surface area contributed by atoms with Crippen molar-refractivity contribution in [2.45, 2.75) is 6.42 Å². The topological polar surface area (TPSA) is 35.6 Å². The average Bonchev–Trinajstić information content (AvgIpc) is 2.63. The quantitative estimate of drug-likeness (QED) is 0.859. The van der Waals surface area contributed by atoms with Crippen LogP contribution in [0.4, 0.5) is 20.2 Å². The molecule has 0 unspecified atom stereocenters. The molecule has 1 aliphatic rings. The third-order valence-electron chi connectivity index (χ3n) is 4.42. The zero-order valence-electron chi connectivity index (χ0n) is 14.2. The monoisotopic (exact) mass is 379 g/mol. The van der Waals surface area contributed by atoms with E-state index in [0.29, 0.717) is 18.0 Å². The molecule has 2 aromatic carbocycles. The third kappa shape index (κ3) is 4.93. The van der Waals surface area contributed by atoms with E-state index in [-0.39, 0.29) is 17.4 Å². The van der Waals surface area contributed by atoms with E-state index in [2.05, 4.69) is 15.1 Å². The van der Waals surface area contributed by atoms with Gasteiger partial charge in [-0.2, -0.15) is 0 Å². The molecule has 1 heterocycles. The minimum Gasteiger partial charge on any atom is -0.369 e. The van der Waals surface area contributed by atoms with Crippen molar-refractivity contribution in [3.8, 4) is 0 Å². The molecule has 0 aromatic heterocycles. The van der Waals surface area contributed by atoms with Crippen LogP contribution in [0, 0.1) is 11.6 Å². The molecule has 1 aliphatic heterocycles. The summed E-state index contributed by atoms with van der Waals surface area (Å²) in [6.07, 6.45) is 0.290. The standard InChI is InChI=1S/C19H20ClF2N3O/c20-14-1-6-18(17(22)13-14)23-19(26)7-8-24-9-11-25(12-10-24)16-4-2-15(21)3-5-16/h1-6,13H,7-12H2,(H,23,26). The van der Waals surface area contributed by atoms with Crippen LogP contribution in [0.15, 0.2) is 42.5 Å². The van der Waals surface area contributed by atoms with Gasteiger partial charge in [-0.15, -0.1) is 0 Å². The lowest BCUT2D eigenvalue weighted by atomic mass is 10.2. The van der Waals surface area contributed by atoms with Crippen LogP contribution in [-0.4, -0.2) is 43.5 Å². The van der Waals surface area contributed by atoms with Gasteiger partial charge in [-0.1, -0.05) is 11.6 Å². The molecule has 0 bridgehead atoms. The lowest BCUT2D eigenvalue weighted by molar-refractivity contribution is -0.116. The number of rotatable bonds is 5. The Bertz CT molecular complexity index is 762. The number of anilines is 2. The largest absolute Gasteiger partial charge is 0.369 e. The van der Waals surface area contributed by atoms with Gasteiger partial charge in [-0.05, 0) is 42.5 Å². The van der Waals surface area contributed by atoms with Crippen molar-refractivity contribution in [2.24, 2.45) is 0 Å². The second kappa shape index (κ2) is 8.47. The van der Waals surface area contributed by atoms with Gasteiger partial charge in [0.25, 0.3) is 0 Å². The maximum Gasteiger partial charge on any atom is 0.225 e. The SMILES string of the molecule is O=C(CCN1CCN(c2ccc(F)cc2)CC1)Nc1ccc(Cl)cc1F. The molecule has 0 aliphatic carbocycles. The van der Waals surface area contributed by atoms with E-state index in [9.17, 15) is 13.6 Å². The molecule has 0 radical (unpaired) electrons. The fraction of sp³-hybridized carbons (Fsp3) is 0.316. The van der Waals surface area contributed by atoms with Crippen molar-refractivity contribution in [2.75, 3.05) is 42.9 Å². The molecule has 4 nitrogen and oxygen atoms in total. The van der Waals surface area contributed by atoms with Crippen molar-refractivity contribution in [1.29, 1.82) is 0 Å². The number of carbonyl (C=O) groups is 1. The number of carbonyl (C=O) groups excluding carboxylic acids is 1. The van der Waals surface area contributed by atoms with Gasteiger partial charge in [0.15, 0.2) is 0 Å². The van der Waals surface area contributed by atoms with Crippen LogP contribution in [0.3, 0.4) is 0 Å². The Hall–Kier alpha value is -2.18. The highest BCUT2D eigenvalue weighted by molar-refractivity contribution is 6.30. The maximum atomic E-state index is 13.7.